The summed E-state index contributed by atoms with van der Waals surface area (Å²) in [5.74, 6) is 0. The summed E-state index contributed by atoms with van der Waals surface area (Å²) in [6, 6.07) is 15.5. The van der Waals surface area contributed by atoms with Crippen molar-refractivity contribution in [2.24, 2.45) is 0 Å². The number of hydrogen-bond acceptors (Lipinski definition) is 2. The van der Waals surface area contributed by atoms with E-state index < -0.39 is 158 Å². The van der Waals surface area contributed by atoms with Crippen LogP contribution in [0.25, 0.3) is 77.2 Å². The smallest absolute Gasteiger partial charge is 0.143 e. The fourth-order valence-electron chi connectivity index (χ4n) is 9.46. The van der Waals surface area contributed by atoms with E-state index in [9.17, 15) is 11.0 Å². The Hall–Kier alpha value is -7.16. The molecule has 9 aromatic carbocycles. The van der Waals surface area contributed by atoms with Crippen molar-refractivity contribution in [1.82, 2.24) is 0 Å². The Balaban J connectivity index is 1.20. The van der Waals surface area contributed by atoms with E-state index in [1.54, 1.807) is 4.90 Å². The Kier molecular flexibility index (Phi) is 4.59. The summed E-state index contributed by atoms with van der Waals surface area (Å²) in [6.07, 6.45) is 0. The lowest BCUT2D eigenvalue weighted by atomic mass is 9.82. The van der Waals surface area contributed by atoms with E-state index in [2.05, 4.69) is 52.0 Å². The zero-order valence-electron chi connectivity index (χ0n) is 49.9. The number of nitrogens with zero attached hydrogens (tertiary/aromatic N) is 1. The van der Waals surface area contributed by atoms with Gasteiger partial charge in [0.1, 0.15) is 11.2 Å². The third-order valence-electron chi connectivity index (χ3n) is 12.4. The van der Waals surface area contributed by atoms with Crippen LogP contribution < -0.4 is 4.90 Å². The Labute approximate surface area is 374 Å². The van der Waals surface area contributed by atoms with Crippen molar-refractivity contribution in [2.45, 2.75) is 38.5 Å². The van der Waals surface area contributed by atoms with Gasteiger partial charge in [0.25, 0.3) is 0 Å². The van der Waals surface area contributed by atoms with Gasteiger partial charge in [-0.3, -0.25) is 0 Å². The van der Waals surface area contributed by atoms with Gasteiger partial charge in [-0.2, -0.15) is 0 Å². The molecule has 2 nitrogen and oxygen atoms in total. The Bertz CT molecular complexity index is 4250. The van der Waals surface area contributed by atoms with Crippen LogP contribution in [0.1, 0.15) is 73.3 Å². The van der Waals surface area contributed by atoms with E-state index in [0.717, 1.165) is 44.5 Å². The highest BCUT2D eigenvalue weighted by molar-refractivity contribution is 6.14. The molecule has 60 heavy (non-hydrogen) atoms. The molecule has 0 radical (unpaired) electrons. The number of furan rings is 1. The van der Waals surface area contributed by atoms with Crippen molar-refractivity contribution in [2.75, 3.05) is 4.90 Å². The van der Waals surface area contributed by atoms with Gasteiger partial charge in [-0.05, 0) is 109 Å². The van der Waals surface area contributed by atoms with E-state index in [4.69, 9.17) is 16.8 Å². The summed E-state index contributed by atoms with van der Waals surface area (Å²) in [5, 5.41) is -1.72. The van der Waals surface area contributed by atoms with Gasteiger partial charge in [-0.1, -0.05) is 173 Å². The molecule has 0 saturated heterocycles. The molecule has 0 saturated carbocycles. The molecule has 0 aliphatic heterocycles. The zero-order chi connectivity index (χ0) is 55.1. The predicted molar refractivity (Wildman–Crippen MR) is 252 cm³/mol. The molecule has 0 bridgehead atoms. The van der Waals surface area contributed by atoms with Gasteiger partial charge in [0.15, 0.2) is 0 Å². The quantitative estimate of drug-likeness (QED) is 0.173. The summed E-state index contributed by atoms with van der Waals surface area (Å²) in [7, 11) is 0. The SMILES string of the molecule is [2H]c1c([2H])c(N(c2ccc3c(c2)C(C)(C)c2ccccc2-3)c2ccc3c(c2)C(C)(C)c2ccccc2-3)c([2H])c([2H])c1-c1c([2H])c([2H])c2c([2H])c([2H])c([2H])c([2H])c2c1-c1c([2H])c([2H])c([2H])c2c1oc1c([2H])c([2H])c([2H])c([2H])c12. The first kappa shape index (κ1) is 21.7. The Morgan fingerprint density at radius 1 is 0.433 bits per heavy atom. The first-order chi connectivity index (χ1) is 36.4. The first-order valence-electron chi connectivity index (χ1n) is 28.2. The molecule has 0 N–H and O–H groups in total. The fraction of sp³-hybridized carbons (Fsp3) is 0.103. The summed E-state index contributed by atoms with van der Waals surface area (Å²) in [6.45, 7) is 8.47. The van der Waals surface area contributed by atoms with Crippen LogP contribution in [0.3, 0.4) is 0 Å². The van der Waals surface area contributed by atoms with Crippen molar-refractivity contribution in [3.8, 4) is 44.5 Å². The number of anilines is 3. The minimum atomic E-state index is -0.835. The maximum absolute atomic E-state index is 10.1. The highest BCUT2D eigenvalue weighted by atomic mass is 16.3. The third-order valence-corrected chi connectivity index (χ3v) is 12.4. The summed E-state index contributed by atoms with van der Waals surface area (Å²) in [4.78, 5) is 1.68. The normalized spacial score (nSPS) is 18.2. The van der Waals surface area contributed by atoms with Gasteiger partial charge in [0, 0.05) is 49.8 Å². The average molecular weight is 787 g/mol. The highest BCUT2D eigenvalue weighted by Gasteiger charge is 2.37. The zero-order valence-corrected chi connectivity index (χ0v) is 32.9. The maximum atomic E-state index is 10.1. The molecule has 2 heteroatoms. The maximum Gasteiger partial charge on any atom is 0.143 e. The van der Waals surface area contributed by atoms with Gasteiger partial charge in [-0.15, -0.1) is 0 Å². The minimum absolute atomic E-state index is 0.191. The molecule has 0 spiro atoms. The first-order valence-corrected chi connectivity index (χ1v) is 19.7. The third kappa shape index (κ3) is 4.94. The monoisotopic (exact) mass is 786 g/mol. The standard InChI is InChI=1S/C58H43NO/c1-57(2)50-21-10-7-16-43(50)45-32-29-39(34-52(45)57)59(40-30-33-46-44-17-8-11-22-51(44)58(3,4)53(46)35-40)38-27-24-37(25-28-38)42-31-26-36-14-5-6-15-41(36)55(42)49-20-13-19-48-47-18-9-12-23-54(47)60-56(48)49/h5-35H,1-4H3/i5D,6D,9D,12D,13D,14D,15D,18D,19D,20D,23D,24D,25D,26D,27D,28D,31D. The van der Waals surface area contributed by atoms with Crippen LogP contribution >= 0.6 is 0 Å². The minimum Gasteiger partial charge on any atom is -0.455 e. The molecule has 2 aliphatic rings. The molecule has 12 rings (SSSR count). The Morgan fingerprint density at radius 3 is 1.67 bits per heavy atom. The molecule has 2 aliphatic carbocycles. The van der Waals surface area contributed by atoms with Crippen molar-refractivity contribution in [1.29, 1.82) is 0 Å². The van der Waals surface area contributed by atoms with Crippen LogP contribution in [0.5, 0.6) is 0 Å². The molecule has 0 amide bonds. The van der Waals surface area contributed by atoms with Crippen LogP contribution in [-0.4, -0.2) is 0 Å². The summed E-state index contributed by atoms with van der Waals surface area (Å²) < 4.78 is 164. The number of para-hydroxylation sites is 2. The van der Waals surface area contributed by atoms with Crippen molar-refractivity contribution in [3.63, 3.8) is 0 Å². The number of rotatable bonds is 5. The molecule has 1 aromatic heterocycles. The van der Waals surface area contributed by atoms with Gasteiger partial charge in [0.05, 0.1) is 23.3 Å². The molecule has 0 fully saturated rings. The summed E-state index contributed by atoms with van der Waals surface area (Å²) in [5.41, 5.74) is 4.80. The number of hydrogen-bond donors (Lipinski definition) is 0. The fourth-order valence-corrected chi connectivity index (χ4v) is 9.46. The van der Waals surface area contributed by atoms with Crippen LogP contribution in [-0.2, 0) is 10.8 Å². The van der Waals surface area contributed by atoms with Crippen LogP contribution in [0, 0.1) is 0 Å². The van der Waals surface area contributed by atoms with Crippen LogP contribution in [0.15, 0.2) is 192 Å². The van der Waals surface area contributed by atoms with Gasteiger partial charge >= 0.3 is 0 Å². The van der Waals surface area contributed by atoms with Crippen molar-refractivity contribution in [3.05, 3.63) is 210 Å². The average Bonchev–Trinajstić information content (AvgIpc) is 4.24. The van der Waals surface area contributed by atoms with Crippen molar-refractivity contribution >= 4 is 49.8 Å². The second-order valence-corrected chi connectivity index (χ2v) is 16.4. The second kappa shape index (κ2) is 12.7. The summed E-state index contributed by atoms with van der Waals surface area (Å²) >= 11 is 0. The molecular weight excluding hydrogens is 727 g/mol. The topological polar surface area (TPSA) is 16.4 Å². The molecule has 10 aromatic rings. The lowest BCUT2D eigenvalue weighted by molar-refractivity contribution is 0.660. The molecule has 286 valence electrons. The second-order valence-electron chi connectivity index (χ2n) is 16.4. The van der Waals surface area contributed by atoms with E-state index in [1.807, 2.05) is 60.7 Å². The highest BCUT2D eigenvalue weighted by Crippen LogP contribution is 2.53. The van der Waals surface area contributed by atoms with E-state index in [-0.39, 0.29) is 16.5 Å². The predicted octanol–water partition coefficient (Wildman–Crippen LogP) is 16.2. The van der Waals surface area contributed by atoms with E-state index in [1.165, 1.54) is 0 Å². The lowest BCUT2D eigenvalue weighted by Gasteiger charge is -2.30. The molecule has 0 unspecified atom stereocenters. The number of fused-ring (bicyclic) bond motifs is 10. The van der Waals surface area contributed by atoms with Gasteiger partial charge < -0.3 is 9.32 Å². The Morgan fingerprint density at radius 2 is 1.00 bits per heavy atom. The van der Waals surface area contributed by atoms with Crippen LogP contribution in [0.2, 0.25) is 0 Å². The van der Waals surface area contributed by atoms with E-state index in [0.29, 0.717) is 11.4 Å². The number of benzene rings is 9. The van der Waals surface area contributed by atoms with Crippen LogP contribution in [0.4, 0.5) is 17.1 Å². The molecule has 0 atom stereocenters. The molecular formula is C58H43NO. The largest absolute Gasteiger partial charge is 0.455 e. The molecule has 1 heterocycles. The van der Waals surface area contributed by atoms with E-state index >= 15 is 0 Å². The van der Waals surface area contributed by atoms with Gasteiger partial charge in [0.2, 0.25) is 0 Å². The van der Waals surface area contributed by atoms with Crippen molar-refractivity contribution < 1.29 is 27.7 Å². The van der Waals surface area contributed by atoms with Gasteiger partial charge in [-0.25, -0.2) is 0 Å². The lowest BCUT2D eigenvalue weighted by Crippen LogP contribution is -2.18.